The van der Waals surface area contributed by atoms with E-state index in [1.807, 2.05) is 0 Å². The van der Waals surface area contributed by atoms with Gasteiger partial charge in [0.1, 0.15) is 0 Å². The third-order valence-electron chi connectivity index (χ3n) is 5.45. The molecule has 0 spiro atoms. The Kier molecular flexibility index (Phi) is 18.4. The van der Waals surface area contributed by atoms with Crippen LogP contribution in [0.1, 0.15) is 87.0 Å². The second kappa shape index (κ2) is 19.0. The molecule has 0 aromatic carbocycles. The Morgan fingerprint density at radius 1 is 0.882 bits per heavy atom. The molecule has 0 heterocycles. The number of allylic oxidation sites excluding steroid dienone is 5. The topological polar surface area (TPSA) is 65.1 Å². The van der Waals surface area contributed by atoms with E-state index in [4.69, 9.17) is 13.8 Å². The highest BCUT2D eigenvalue weighted by atomic mass is 31.2. The quantitative estimate of drug-likeness (QED) is 0.105. The van der Waals surface area contributed by atoms with Crippen LogP contribution in [0.15, 0.2) is 34.9 Å². The van der Waals surface area contributed by atoms with Gasteiger partial charge in [-0.1, -0.05) is 34.9 Å². The number of ether oxygens (including phenoxy) is 1. The molecule has 6 nitrogen and oxygen atoms in total. The van der Waals surface area contributed by atoms with E-state index in [-0.39, 0.29) is 19.8 Å². The molecule has 0 amide bonds. The minimum atomic E-state index is -3.55. The lowest BCUT2D eigenvalue weighted by Gasteiger charge is -2.25. The smallest absolute Gasteiger partial charge is 0.344 e. The molecular formula is C27H50NO5P. The second-order valence-corrected chi connectivity index (χ2v) is 11.2. The first kappa shape index (κ1) is 32.8. The molecular weight excluding hydrogens is 449 g/mol. The van der Waals surface area contributed by atoms with Gasteiger partial charge in [0, 0.05) is 6.54 Å². The number of carbonyl (C=O) groups is 1. The monoisotopic (exact) mass is 499 g/mol. The first-order valence-electron chi connectivity index (χ1n) is 12.8. The molecule has 0 N–H and O–H groups in total. The van der Waals surface area contributed by atoms with Gasteiger partial charge in [-0.25, -0.2) is 0 Å². The van der Waals surface area contributed by atoms with Gasteiger partial charge < -0.3 is 18.7 Å². The summed E-state index contributed by atoms with van der Waals surface area (Å²) in [6.07, 6.45) is 12.4. The summed E-state index contributed by atoms with van der Waals surface area (Å²) < 4.78 is 29.2. The van der Waals surface area contributed by atoms with E-state index in [0.29, 0.717) is 12.8 Å². The zero-order chi connectivity index (χ0) is 26.0. The number of hydrogen-bond donors (Lipinski definition) is 0. The molecule has 34 heavy (non-hydrogen) atoms. The fraction of sp³-hybridized carbons (Fsp3) is 0.741. The van der Waals surface area contributed by atoms with Crippen molar-refractivity contribution in [2.24, 2.45) is 0 Å². The van der Waals surface area contributed by atoms with Crippen molar-refractivity contribution in [1.82, 2.24) is 4.90 Å². The van der Waals surface area contributed by atoms with Gasteiger partial charge in [0.05, 0.1) is 19.8 Å². The van der Waals surface area contributed by atoms with E-state index in [1.54, 1.807) is 20.8 Å². The molecule has 0 saturated carbocycles. The summed E-state index contributed by atoms with van der Waals surface area (Å²) in [5.41, 5.74) is 3.33. The van der Waals surface area contributed by atoms with E-state index < -0.39 is 19.2 Å². The number of rotatable bonds is 19. The Labute approximate surface area is 209 Å². The number of hydrogen-bond acceptors (Lipinski definition) is 6. The first-order chi connectivity index (χ1) is 16.1. The van der Waals surface area contributed by atoms with Gasteiger partial charge in [0.25, 0.3) is 0 Å². The summed E-state index contributed by atoms with van der Waals surface area (Å²) in [4.78, 5) is 14.7. The van der Waals surface area contributed by atoms with Crippen molar-refractivity contribution in [3.05, 3.63) is 34.9 Å². The maximum atomic E-state index is 13.2. The summed E-state index contributed by atoms with van der Waals surface area (Å²) >= 11 is 0. The number of esters is 1. The van der Waals surface area contributed by atoms with Gasteiger partial charge in [0.2, 0.25) is 0 Å². The molecule has 0 rings (SSSR count). The standard InChI is InChI=1S/C27H50NO5P/c1-9-31-27(29)26(34(30,32-10-2)33-11-3)19-14-21-28(8)22-20-25(7)18-13-17-24(6)16-12-15-23(4)5/h15,17,20,26H,9-14,16,18-19,21-22H2,1-8H3. The lowest BCUT2D eigenvalue weighted by atomic mass is 10.1. The van der Waals surface area contributed by atoms with Crippen LogP contribution in [0.25, 0.3) is 0 Å². The predicted octanol–water partition coefficient (Wildman–Crippen LogP) is 7.32. The summed E-state index contributed by atoms with van der Waals surface area (Å²) in [7, 11) is -1.50. The van der Waals surface area contributed by atoms with Crippen LogP contribution < -0.4 is 0 Å². The SMILES string of the molecule is CCOC(=O)C(CCCN(C)CC=C(C)CCC=C(C)CCC=C(C)C)P(=O)(OCC)OCC. The fourth-order valence-corrected chi connectivity index (χ4v) is 5.50. The summed E-state index contributed by atoms with van der Waals surface area (Å²) in [5.74, 6) is -0.504. The normalized spacial score (nSPS) is 13.8. The van der Waals surface area contributed by atoms with E-state index >= 15 is 0 Å². The minimum Gasteiger partial charge on any atom is -0.465 e. The molecule has 1 unspecified atom stereocenters. The summed E-state index contributed by atoms with van der Waals surface area (Å²) in [5, 5.41) is 0. The molecule has 0 aromatic heterocycles. The van der Waals surface area contributed by atoms with Crippen LogP contribution in [0, 0.1) is 0 Å². The molecule has 0 aliphatic carbocycles. The van der Waals surface area contributed by atoms with Gasteiger partial charge in [-0.3, -0.25) is 9.36 Å². The Morgan fingerprint density at radius 2 is 1.44 bits per heavy atom. The van der Waals surface area contributed by atoms with Crippen molar-refractivity contribution in [2.75, 3.05) is 40.0 Å². The fourth-order valence-electron chi connectivity index (χ4n) is 3.52. The largest absolute Gasteiger partial charge is 0.465 e. The van der Waals surface area contributed by atoms with Crippen LogP contribution in [-0.2, 0) is 23.1 Å². The van der Waals surface area contributed by atoms with Crippen LogP contribution in [0.4, 0.5) is 0 Å². The van der Waals surface area contributed by atoms with Crippen LogP contribution >= 0.6 is 7.60 Å². The van der Waals surface area contributed by atoms with Gasteiger partial charge in [-0.15, -0.1) is 0 Å². The third-order valence-corrected chi connectivity index (χ3v) is 7.92. The maximum Gasteiger partial charge on any atom is 0.344 e. The molecule has 0 bridgehead atoms. The van der Waals surface area contributed by atoms with Gasteiger partial charge in [0.15, 0.2) is 5.66 Å². The van der Waals surface area contributed by atoms with Crippen molar-refractivity contribution < 1.29 is 23.1 Å². The van der Waals surface area contributed by atoms with Crippen molar-refractivity contribution in [1.29, 1.82) is 0 Å². The Hall–Kier alpha value is -1.20. The second-order valence-electron chi connectivity index (χ2n) is 9.01. The third kappa shape index (κ3) is 14.9. The molecule has 0 fully saturated rings. The minimum absolute atomic E-state index is 0.224. The molecule has 1 atom stereocenters. The molecule has 198 valence electrons. The van der Waals surface area contributed by atoms with Crippen molar-refractivity contribution in [2.45, 2.75) is 92.7 Å². The Bertz CT molecular complexity index is 700. The predicted molar refractivity (Wildman–Crippen MR) is 143 cm³/mol. The highest BCUT2D eigenvalue weighted by Gasteiger charge is 2.41. The van der Waals surface area contributed by atoms with Gasteiger partial charge in [-0.05, 0) is 101 Å². The summed E-state index contributed by atoms with van der Waals surface area (Å²) in [6, 6.07) is 0. The Balaban J connectivity index is 4.65. The van der Waals surface area contributed by atoms with E-state index in [1.165, 1.54) is 16.7 Å². The van der Waals surface area contributed by atoms with Gasteiger partial charge >= 0.3 is 13.6 Å². The molecule has 0 aromatic rings. The van der Waals surface area contributed by atoms with E-state index in [2.05, 4.69) is 57.9 Å². The van der Waals surface area contributed by atoms with Crippen molar-refractivity contribution >= 4 is 13.6 Å². The highest BCUT2D eigenvalue weighted by molar-refractivity contribution is 7.55. The molecule has 7 heteroatoms. The zero-order valence-corrected chi connectivity index (χ0v) is 23.9. The van der Waals surface area contributed by atoms with E-state index in [9.17, 15) is 9.36 Å². The number of nitrogens with zero attached hydrogens (tertiary/aromatic N) is 1. The molecule has 0 aliphatic rings. The van der Waals surface area contributed by atoms with Crippen molar-refractivity contribution in [3.63, 3.8) is 0 Å². The van der Waals surface area contributed by atoms with E-state index in [0.717, 1.165) is 38.8 Å². The lowest BCUT2D eigenvalue weighted by molar-refractivity contribution is -0.143. The van der Waals surface area contributed by atoms with Crippen molar-refractivity contribution in [3.8, 4) is 0 Å². The van der Waals surface area contributed by atoms with Crippen LogP contribution in [0.2, 0.25) is 0 Å². The molecule has 0 saturated heterocycles. The van der Waals surface area contributed by atoms with Crippen LogP contribution in [0.5, 0.6) is 0 Å². The lowest BCUT2D eigenvalue weighted by Crippen LogP contribution is -2.28. The van der Waals surface area contributed by atoms with Gasteiger partial charge in [-0.2, -0.15) is 0 Å². The molecule has 0 aliphatic heterocycles. The van der Waals surface area contributed by atoms with Crippen LogP contribution in [-0.4, -0.2) is 56.5 Å². The molecule has 0 radical (unpaired) electrons. The summed E-state index contributed by atoms with van der Waals surface area (Å²) in [6.45, 7) is 16.2. The highest BCUT2D eigenvalue weighted by Crippen LogP contribution is 2.55. The average Bonchev–Trinajstić information content (AvgIpc) is 2.75. The Morgan fingerprint density at radius 3 is 1.97 bits per heavy atom. The average molecular weight is 500 g/mol. The number of likely N-dealkylation sites (N-methyl/N-ethyl adjacent to an activating group) is 1. The first-order valence-corrected chi connectivity index (χ1v) is 14.4. The maximum absolute atomic E-state index is 13.2. The van der Waals surface area contributed by atoms with Crippen LogP contribution in [0.3, 0.4) is 0 Å². The zero-order valence-electron chi connectivity index (χ0n) is 23.0. The number of carbonyl (C=O) groups excluding carboxylic acids is 1.